The van der Waals surface area contributed by atoms with Crippen molar-refractivity contribution in [2.24, 2.45) is 28.6 Å². The highest BCUT2D eigenvalue weighted by Gasteiger charge is 2.75. The third-order valence-corrected chi connectivity index (χ3v) is 8.71. The third kappa shape index (κ3) is 2.29. The Morgan fingerprint density at radius 1 is 1.31 bits per heavy atom. The van der Waals surface area contributed by atoms with Crippen LogP contribution in [0, 0.1) is 28.6 Å². The lowest BCUT2D eigenvalue weighted by Crippen LogP contribution is -2.69. The second-order valence-electron chi connectivity index (χ2n) is 9.65. The molecule has 0 aromatic heterocycles. The zero-order valence-corrected chi connectivity index (χ0v) is 16.9. The fourth-order valence-corrected chi connectivity index (χ4v) is 7.16. The van der Waals surface area contributed by atoms with E-state index < -0.39 is 45.8 Å². The molecule has 0 aromatic carbocycles. The van der Waals surface area contributed by atoms with E-state index in [9.17, 15) is 24.6 Å². The standard InChI is InChI=1S/C22H27FO5.H2O/c1-12-8-16-15-5-4-13-9-14(25)6-7-19(13,2)21(15,23)17(26)10-20(16,3)22(12,28)18(27)11-24;/h6-7,9,11-12,15-17,26,28H,4-5,8,10H2,1-3H3;1H2. The minimum absolute atomic E-state index is 0. The minimum atomic E-state index is -2.01. The second kappa shape index (κ2) is 6.40. The molecule has 0 aromatic rings. The Morgan fingerprint density at radius 3 is 2.59 bits per heavy atom. The molecule has 4 aliphatic carbocycles. The van der Waals surface area contributed by atoms with Gasteiger partial charge in [-0.15, -0.1) is 0 Å². The average molecular weight is 408 g/mol. The summed E-state index contributed by atoms with van der Waals surface area (Å²) in [6.07, 6.45) is 4.37. The van der Waals surface area contributed by atoms with Crippen LogP contribution in [0.15, 0.2) is 23.8 Å². The number of rotatable bonds is 2. The van der Waals surface area contributed by atoms with E-state index in [1.54, 1.807) is 26.8 Å². The molecule has 0 radical (unpaired) electrons. The first-order valence-electron chi connectivity index (χ1n) is 10.00. The number of halogens is 1. The number of carbonyl (C=O) groups excluding carboxylic acids is 3. The van der Waals surface area contributed by atoms with E-state index in [2.05, 4.69) is 0 Å². The van der Waals surface area contributed by atoms with Gasteiger partial charge in [0, 0.05) is 16.7 Å². The van der Waals surface area contributed by atoms with Gasteiger partial charge in [0.15, 0.2) is 17.7 Å². The molecule has 0 saturated heterocycles. The van der Waals surface area contributed by atoms with Crippen LogP contribution in [-0.4, -0.2) is 50.9 Å². The smallest absolute Gasteiger partial charge is 0.227 e. The molecule has 0 spiro atoms. The molecule has 3 fully saturated rings. The number of fused-ring (bicyclic) bond motifs is 5. The summed E-state index contributed by atoms with van der Waals surface area (Å²) >= 11 is 0. The summed E-state index contributed by atoms with van der Waals surface area (Å²) in [7, 11) is 0. The lowest BCUT2D eigenvalue weighted by molar-refractivity contribution is -0.218. The summed E-state index contributed by atoms with van der Waals surface area (Å²) in [5.41, 5.74) is -5.42. The monoisotopic (exact) mass is 408 g/mol. The molecule has 6 nitrogen and oxygen atoms in total. The molecule has 0 heterocycles. The van der Waals surface area contributed by atoms with Crippen LogP contribution in [0.1, 0.15) is 46.5 Å². The first-order valence-corrected chi connectivity index (χ1v) is 10.00. The number of aliphatic hydroxyl groups is 2. The fraction of sp³-hybridized carbons (Fsp3) is 0.682. The summed E-state index contributed by atoms with van der Waals surface area (Å²) in [6, 6.07) is 0. The Bertz CT molecular complexity index is 835. The predicted molar refractivity (Wildman–Crippen MR) is 103 cm³/mol. The van der Waals surface area contributed by atoms with Gasteiger partial charge in [0.25, 0.3) is 0 Å². The summed E-state index contributed by atoms with van der Waals surface area (Å²) in [5.74, 6) is -2.52. The molecule has 3 saturated carbocycles. The zero-order valence-electron chi connectivity index (χ0n) is 16.9. The van der Waals surface area contributed by atoms with Crippen LogP contribution in [0.4, 0.5) is 4.39 Å². The van der Waals surface area contributed by atoms with Crippen LogP contribution in [0.5, 0.6) is 0 Å². The first kappa shape index (κ1) is 22.0. The normalized spacial score (nSPS) is 50.6. The van der Waals surface area contributed by atoms with Gasteiger partial charge in [-0.2, -0.15) is 0 Å². The molecule has 8 unspecified atom stereocenters. The molecule has 0 aliphatic heterocycles. The van der Waals surface area contributed by atoms with E-state index in [0.29, 0.717) is 24.8 Å². The number of carbonyl (C=O) groups is 3. The highest BCUT2D eigenvalue weighted by Crippen LogP contribution is 2.70. The Kier molecular flexibility index (Phi) is 4.85. The zero-order chi connectivity index (χ0) is 20.7. The molecule has 0 bridgehead atoms. The molecule has 8 atom stereocenters. The molecule has 4 N–H and O–H groups in total. The summed E-state index contributed by atoms with van der Waals surface area (Å²) in [6.45, 7) is 5.15. The molecule has 0 amide bonds. The van der Waals surface area contributed by atoms with Crippen molar-refractivity contribution in [2.45, 2.75) is 63.8 Å². The number of ketones is 2. The second-order valence-corrected chi connectivity index (χ2v) is 9.65. The van der Waals surface area contributed by atoms with E-state index in [1.165, 1.54) is 12.2 Å². The molecule has 4 aliphatic rings. The molecular formula is C22H29FO6. The number of allylic oxidation sites excluding steroid dienone is 4. The van der Waals surface area contributed by atoms with Gasteiger partial charge in [0.05, 0.1) is 6.10 Å². The van der Waals surface area contributed by atoms with Crippen molar-refractivity contribution in [2.75, 3.05) is 0 Å². The SMILES string of the molecule is CC1CC2C3CCC4=CC(=O)C=CC4(C)C3(F)C(O)CC2(C)C1(O)C(=O)C=O.O. The Labute approximate surface area is 169 Å². The average Bonchev–Trinajstić information content (AvgIpc) is 2.84. The van der Waals surface area contributed by atoms with Gasteiger partial charge < -0.3 is 15.7 Å². The minimum Gasteiger partial charge on any atom is -0.412 e. The van der Waals surface area contributed by atoms with Crippen molar-refractivity contribution >= 4 is 17.9 Å². The Hall–Kier alpha value is -1.70. The third-order valence-electron chi connectivity index (χ3n) is 8.71. The van der Waals surface area contributed by atoms with Gasteiger partial charge in [-0.05, 0) is 56.6 Å². The van der Waals surface area contributed by atoms with E-state index >= 15 is 4.39 Å². The maximum absolute atomic E-state index is 16.8. The lowest BCUT2D eigenvalue weighted by Gasteiger charge is -2.62. The number of hydrogen-bond acceptors (Lipinski definition) is 5. The van der Waals surface area contributed by atoms with E-state index in [-0.39, 0.29) is 29.9 Å². The van der Waals surface area contributed by atoms with Crippen molar-refractivity contribution in [3.8, 4) is 0 Å². The number of aliphatic hydroxyl groups excluding tert-OH is 1. The lowest BCUT2D eigenvalue weighted by atomic mass is 9.44. The Balaban J connectivity index is 0.00000240. The summed E-state index contributed by atoms with van der Waals surface area (Å²) < 4.78 is 16.8. The highest BCUT2D eigenvalue weighted by atomic mass is 19.1. The van der Waals surface area contributed by atoms with Crippen molar-refractivity contribution in [3.63, 3.8) is 0 Å². The van der Waals surface area contributed by atoms with Crippen molar-refractivity contribution in [1.82, 2.24) is 0 Å². The van der Waals surface area contributed by atoms with E-state index in [1.807, 2.05) is 0 Å². The molecular weight excluding hydrogens is 379 g/mol. The maximum atomic E-state index is 16.8. The Morgan fingerprint density at radius 2 is 1.97 bits per heavy atom. The molecule has 160 valence electrons. The number of alkyl halides is 1. The molecule has 29 heavy (non-hydrogen) atoms. The quantitative estimate of drug-likeness (QED) is 0.526. The topological polar surface area (TPSA) is 123 Å². The largest absolute Gasteiger partial charge is 0.412 e. The van der Waals surface area contributed by atoms with Gasteiger partial charge in [-0.1, -0.05) is 25.5 Å². The number of aldehydes is 1. The van der Waals surface area contributed by atoms with Crippen LogP contribution in [0.25, 0.3) is 0 Å². The van der Waals surface area contributed by atoms with Crippen LogP contribution in [-0.2, 0) is 14.4 Å². The predicted octanol–water partition coefficient (Wildman–Crippen LogP) is 1.28. The van der Waals surface area contributed by atoms with Gasteiger partial charge in [-0.25, -0.2) is 4.39 Å². The number of Topliss-reactive ketones (excluding diaryl/α,β-unsaturated/α-hetero) is 1. The van der Waals surface area contributed by atoms with Crippen LogP contribution in [0.3, 0.4) is 0 Å². The van der Waals surface area contributed by atoms with Crippen LogP contribution >= 0.6 is 0 Å². The summed E-state index contributed by atoms with van der Waals surface area (Å²) in [4.78, 5) is 35.5. The molecule has 4 rings (SSSR count). The molecule has 7 heteroatoms. The summed E-state index contributed by atoms with van der Waals surface area (Å²) in [5, 5.41) is 22.4. The number of hydrogen-bond donors (Lipinski definition) is 2. The van der Waals surface area contributed by atoms with E-state index in [4.69, 9.17) is 0 Å². The van der Waals surface area contributed by atoms with Gasteiger partial charge >= 0.3 is 0 Å². The van der Waals surface area contributed by atoms with Crippen molar-refractivity contribution in [3.05, 3.63) is 23.8 Å². The highest BCUT2D eigenvalue weighted by molar-refractivity contribution is 6.29. The maximum Gasteiger partial charge on any atom is 0.227 e. The van der Waals surface area contributed by atoms with Gasteiger partial charge in [0.2, 0.25) is 5.78 Å². The van der Waals surface area contributed by atoms with Gasteiger partial charge in [-0.3, -0.25) is 14.4 Å². The van der Waals surface area contributed by atoms with E-state index in [0.717, 1.165) is 0 Å². The first-order chi connectivity index (χ1) is 13.0. The fourth-order valence-electron chi connectivity index (χ4n) is 7.16. The van der Waals surface area contributed by atoms with Crippen LogP contribution < -0.4 is 0 Å². The van der Waals surface area contributed by atoms with Crippen LogP contribution in [0.2, 0.25) is 0 Å². The van der Waals surface area contributed by atoms with Gasteiger partial charge in [0.1, 0.15) is 5.60 Å². The van der Waals surface area contributed by atoms with Crippen molar-refractivity contribution in [1.29, 1.82) is 0 Å². The van der Waals surface area contributed by atoms with Crippen molar-refractivity contribution < 1.29 is 34.5 Å².